The Bertz CT molecular complexity index is 740. The number of hydrogen-bond donors (Lipinski definition) is 1. The molecule has 4 heteroatoms. The largest absolute Gasteiger partial charge is 0.497 e. The van der Waals surface area contributed by atoms with Crippen molar-refractivity contribution in [3.8, 4) is 5.75 Å². The van der Waals surface area contributed by atoms with Gasteiger partial charge in [0.15, 0.2) is 0 Å². The first-order chi connectivity index (χ1) is 13.8. The Morgan fingerprint density at radius 2 is 1.82 bits per heavy atom. The maximum atomic E-state index is 5.23. The first kappa shape index (κ1) is 19.3. The van der Waals surface area contributed by atoms with Crippen LogP contribution >= 0.6 is 0 Å². The average Bonchev–Trinajstić information content (AvgIpc) is 2.79. The van der Waals surface area contributed by atoms with Crippen molar-refractivity contribution in [1.29, 1.82) is 0 Å². The number of likely N-dealkylation sites (tertiary alicyclic amines) is 1. The van der Waals surface area contributed by atoms with Gasteiger partial charge >= 0.3 is 0 Å². The van der Waals surface area contributed by atoms with Gasteiger partial charge < -0.3 is 10.1 Å². The van der Waals surface area contributed by atoms with Gasteiger partial charge in [-0.3, -0.25) is 4.90 Å². The van der Waals surface area contributed by atoms with Crippen molar-refractivity contribution in [2.24, 2.45) is 0 Å². The lowest BCUT2D eigenvalue weighted by atomic mass is 9.89. The molecule has 4 nitrogen and oxygen atoms in total. The van der Waals surface area contributed by atoms with Crippen LogP contribution in [0.3, 0.4) is 0 Å². The molecule has 1 aliphatic carbocycles. The Morgan fingerprint density at radius 3 is 2.61 bits per heavy atom. The minimum absolute atomic E-state index is 0.568. The molecule has 2 aromatic rings. The number of anilines is 1. The number of hydrogen-bond acceptors (Lipinski definition) is 4. The molecule has 0 radical (unpaired) electrons. The van der Waals surface area contributed by atoms with Gasteiger partial charge in [-0.1, -0.05) is 37.5 Å². The van der Waals surface area contributed by atoms with E-state index in [0.717, 1.165) is 24.2 Å². The molecule has 1 saturated heterocycles. The van der Waals surface area contributed by atoms with Crippen LogP contribution in [0.4, 0.5) is 5.82 Å². The Kier molecular flexibility index (Phi) is 6.48. The molecule has 1 saturated carbocycles. The summed E-state index contributed by atoms with van der Waals surface area (Å²) in [5.41, 5.74) is 2.48. The molecule has 1 aromatic carbocycles. The summed E-state index contributed by atoms with van der Waals surface area (Å²) in [7, 11) is 1.70. The molecule has 0 bridgehead atoms. The van der Waals surface area contributed by atoms with Gasteiger partial charge in [0.25, 0.3) is 0 Å². The van der Waals surface area contributed by atoms with Crippen molar-refractivity contribution >= 4 is 5.82 Å². The van der Waals surface area contributed by atoms with E-state index in [0.29, 0.717) is 5.92 Å². The van der Waals surface area contributed by atoms with Crippen molar-refractivity contribution in [2.45, 2.75) is 63.5 Å². The molecule has 2 aliphatic rings. The summed E-state index contributed by atoms with van der Waals surface area (Å²) in [5, 5.41) is 3.49. The summed E-state index contributed by atoms with van der Waals surface area (Å²) in [5.74, 6) is 2.44. The topological polar surface area (TPSA) is 37.4 Å². The van der Waals surface area contributed by atoms with Crippen molar-refractivity contribution in [2.75, 3.05) is 25.5 Å². The van der Waals surface area contributed by atoms with E-state index in [1.54, 1.807) is 7.11 Å². The minimum atomic E-state index is 0.568. The third-order valence-corrected chi connectivity index (χ3v) is 6.37. The van der Waals surface area contributed by atoms with E-state index < -0.39 is 0 Å². The zero-order valence-electron chi connectivity index (χ0n) is 17.1. The summed E-state index contributed by atoms with van der Waals surface area (Å²) in [6.07, 6.45) is 9.60. The van der Waals surface area contributed by atoms with E-state index in [1.165, 1.54) is 69.3 Å². The molecule has 0 spiro atoms. The minimum Gasteiger partial charge on any atom is -0.497 e. The van der Waals surface area contributed by atoms with Crippen LogP contribution in [0, 0.1) is 0 Å². The molecular weight excluding hydrogens is 346 g/mol. The predicted molar refractivity (Wildman–Crippen MR) is 115 cm³/mol. The van der Waals surface area contributed by atoms with Crippen molar-refractivity contribution in [3.63, 3.8) is 0 Å². The number of pyridine rings is 1. The van der Waals surface area contributed by atoms with E-state index in [1.807, 2.05) is 12.1 Å². The first-order valence-corrected chi connectivity index (χ1v) is 10.9. The summed E-state index contributed by atoms with van der Waals surface area (Å²) in [6, 6.07) is 15.5. The molecule has 4 rings (SSSR count). The second-order valence-corrected chi connectivity index (χ2v) is 8.28. The van der Waals surface area contributed by atoms with E-state index in [9.17, 15) is 0 Å². The smallest absolute Gasteiger partial charge is 0.126 e. The van der Waals surface area contributed by atoms with Gasteiger partial charge in [0, 0.05) is 30.7 Å². The third kappa shape index (κ3) is 4.85. The quantitative estimate of drug-likeness (QED) is 0.747. The lowest BCUT2D eigenvalue weighted by Gasteiger charge is -2.40. The normalized spacial score (nSPS) is 21.4. The SMILES string of the molecule is COc1ccc(CNc2cccc([C@@H]3CCCN(C4CCCCC4)C3)n2)cc1. The molecule has 0 amide bonds. The molecular formula is C24H33N3O. The number of ether oxygens (including phenoxy) is 1. The van der Waals surface area contributed by atoms with Crippen molar-refractivity contribution in [3.05, 3.63) is 53.7 Å². The van der Waals surface area contributed by atoms with Gasteiger partial charge in [-0.2, -0.15) is 0 Å². The summed E-state index contributed by atoms with van der Waals surface area (Å²) in [6.45, 7) is 3.23. The van der Waals surface area contributed by atoms with Crippen LogP contribution in [0.25, 0.3) is 0 Å². The average molecular weight is 380 g/mol. The Labute approximate surface area is 169 Å². The number of rotatable bonds is 6. The highest BCUT2D eigenvalue weighted by molar-refractivity contribution is 5.38. The van der Waals surface area contributed by atoms with Crippen LogP contribution in [0.2, 0.25) is 0 Å². The maximum absolute atomic E-state index is 5.23. The van der Waals surface area contributed by atoms with Gasteiger partial charge in [-0.15, -0.1) is 0 Å². The van der Waals surface area contributed by atoms with Crippen LogP contribution < -0.4 is 10.1 Å². The molecule has 1 atom stereocenters. The monoisotopic (exact) mass is 379 g/mol. The van der Waals surface area contributed by atoms with Gasteiger partial charge in [0.2, 0.25) is 0 Å². The number of nitrogens with one attached hydrogen (secondary N) is 1. The molecule has 28 heavy (non-hydrogen) atoms. The predicted octanol–water partition coefficient (Wildman–Crippen LogP) is 5.21. The van der Waals surface area contributed by atoms with Gasteiger partial charge in [-0.05, 0) is 62.1 Å². The molecule has 2 fully saturated rings. The van der Waals surface area contributed by atoms with E-state index in [4.69, 9.17) is 9.72 Å². The van der Waals surface area contributed by atoms with Crippen LogP contribution in [0.15, 0.2) is 42.5 Å². The van der Waals surface area contributed by atoms with E-state index >= 15 is 0 Å². The molecule has 150 valence electrons. The van der Waals surface area contributed by atoms with Gasteiger partial charge in [-0.25, -0.2) is 4.98 Å². The number of piperidine rings is 1. The standard InChI is InChI=1S/C24H33N3O/c1-28-22-14-12-19(13-15-22)17-25-24-11-5-10-23(26-24)20-7-6-16-27(18-20)21-8-3-2-4-9-21/h5,10-15,20-21H,2-4,6-9,16-18H2,1H3,(H,25,26)/t20-/m1/s1. The van der Waals surface area contributed by atoms with Gasteiger partial charge in [0.1, 0.15) is 11.6 Å². The highest BCUT2D eigenvalue weighted by Gasteiger charge is 2.28. The fourth-order valence-electron chi connectivity index (χ4n) is 4.74. The number of nitrogens with zero attached hydrogens (tertiary/aromatic N) is 2. The van der Waals surface area contributed by atoms with Crippen LogP contribution in [-0.2, 0) is 6.54 Å². The highest BCUT2D eigenvalue weighted by Crippen LogP contribution is 2.31. The van der Waals surface area contributed by atoms with E-state index in [-0.39, 0.29) is 0 Å². The first-order valence-electron chi connectivity index (χ1n) is 10.9. The maximum Gasteiger partial charge on any atom is 0.126 e. The lowest BCUT2D eigenvalue weighted by Crippen LogP contribution is -2.43. The highest BCUT2D eigenvalue weighted by atomic mass is 16.5. The van der Waals surface area contributed by atoms with Crippen molar-refractivity contribution in [1.82, 2.24) is 9.88 Å². The van der Waals surface area contributed by atoms with Crippen LogP contribution in [-0.4, -0.2) is 36.1 Å². The molecule has 1 aromatic heterocycles. The second kappa shape index (κ2) is 9.42. The number of methoxy groups -OCH3 is 1. The summed E-state index contributed by atoms with van der Waals surface area (Å²) in [4.78, 5) is 7.72. The van der Waals surface area contributed by atoms with Crippen LogP contribution in [0.1, 0.15) is 62.1 Å². The number of benzene rings is 1. The second-order valence-electron chi connectivity index (χ2n) is 8.28. The molecule has 1 aliphatic heterocycles. The molecule has 0 unspecified atom stereocenters. The molecule has 2 heterocycles. The number of aromatic nitrogens is 1. The third-order valence-electron chi connectivity index (χ3n) is 6.37. The van der Waals surface area contributed by atoms with E-state index in [2.05, 4.69) is 40.5 Å². The zero-order valence-corrected chi connectivity index (χ0v) is 17.1. The van der Waals surface area contributed by atoms with Gasteiger partial charge in [0.05, 0.1) is 7.11 Å². The Morgan fingerprint density at radius 1 is 1.00 bits per heavy atom. The zero-order chi connectivity index (χ0) is 19.2. The fraction of sp³-hybridized carbons (Fsp3) is 0.542. The Balaban J connectivity index is 1.37. The van der Waals surface area contributed by atoms with Crippen molar-refractivity contribution < 1.29 is 4.74 Å². The summed E-state index contributed by atoms with van der Waals surface area (Å²) < 4.78 is 5.23. The molecule has 1 N–H and O–H groups in total. The Hall–Kier alpha value is -2.07. The lowest BCUT2D eigenvalue weighted by molar-refractivity contribution is 0.118. The fourth-order valence-corrected chi connectivity index (χ4v) is 4.74. The van der Waals surface area contributed by atoms with Crippen LogP contribution in [0.5, 0.6) is 5.75 Å². The summed E-state index contributed by atoms with van der Waals surface area (Å²) >= 11 is 0.